The lowest BCUT2D eigenvalue weighted by molar-refractivity contribution is -0.143. The zero-order valence-corrected chi connectivity index (χ0v) is 29.0. The minimum absolute atomic E-state index is 0.0744. The number of carbonyl (C=O) groups is 1. The molecule has 0 amide bonds. The van der Waals surface area contributed by atoms with Crippen molar-refractivity contribution in [2.45, 2.75) is 63.2 Å². The van der Waals surface area contributed by atoms with Gasteiger partial charge in [-0.05, 0) is 55.7 Å². The van der Waals surface area contributed by atoms with E-state index in [0.29, 0.717) is 44.2 Å². The number of fused-ring (bicyclic) bond motifs is 2. The van der Waals surface area contributed by atoms with Gasteiger partial charge in [0, 0.05) is 45.7 Å². The molecule has 2 aliphatic rings. The van der Waals surface area contributed by atoms with Crippen LogP contribution in [0.25, 0.3) is 6.08 Å². The van der Waals surface area contributed by atoms with Gasteiger partial charge in [-0.25, -0.2) is 13.1 Å². The van der Waals surface area contributed by atoms with E-state index in [9.17, 15) is 13.2 Å². The molecular formula is C34H45N5O8S. The molecule has 14 heteroatoms. The molecule has 3 aromatic rings. The van der Waals surface area contributed by atoms with Crippen molar-refractivity contribution in [3.05, 3.63) is 70.0 Å². The molecule has 0 fully saturated rings. The molecule has 48 heavy (non-hydrogen) atoms. The number of esters is 1. The van der Waals surface area contributed by atoms with Crippen LogP contribution >= 0.6 is 0 Å². The first-order valence-electron chi connectivity index (χ1n) is 16.1. The van der Waals surface area contributed by atoms with Gasteiger partial charge in [-0.3, -0.25) is 4.79 Å². The van der Waals surface area contributed by atoms with Crippen LogP contribution in [0.1, 0.15) is 66.8 Å². The minimum Gasteiger partial charge on any atom is -0.491 e. The van der Waals surface area contributed by atoms with E-state index in [0.717, 1.165) is 28.0 Å². The Kier molecular flexibility index (Phi) is 11.5. The molecule has 13 nitrogen and oxygen atoms in total. The molecule has 2 aromatic carbocycles. The fourth-order valence-corrected chi connectivity index (χ4v) is 7.77. The summed E-state index contributed by atoms with van der Waals surface area (Å²) in [5.41, 5.74) is 10.6. The second-order valence-corrected chi connectivity index (χ2v) is 13.9. The Balaban J connectivity index is 1.44. The lowest BCUT2D eigenvalue weighted by Gasteiger charge is -2.28. The number of rotatable bonds is 14. The number of benzene rings is 2. The summed E-state index contributed by atoms with van der Waals surface area (Å²) in [5, 5.41) is 8.50. The molecule has 3 atom stereocenters. The SMILES string of the molecule is CCOC(=O)CC(C1=Cc2nnn(C)c2C(OC)C1)c1ccc(C)c(CN2C[C@@H](C)Oc3cc(OCCOCCN)ccc3S2(=O)=O)c1. The van der Waals surface area contributed by atoms with Crippen molar-refractivity contribution in [1.82, 2.24) is 19.3 Å². The van der Waals surface area contributed by atoms with Crippen LogP contribution in [0.4, 0.5) is 0 Å². The summed E-state index contributed by atoms with van der Waals surface area (Å²) in [6.07, 6.45) is 1.91. The molecule has 2 unspecified atom stereocenters. The zero-order valence-electron chi connectivity index (χ0n) is 28.2. The molecule has 0 radical (unpaired) electrons. The molecule has 1 aliphatic carbocycles. The van der Waals surface area contributed by atoms with E-state index in [-0.39, 0.29) is 54.8 Å². The number of aromatic nitrogens is 3. The highest BCUT2D eigenvalue weighted by atomic mass is 32.2. The Morgan fingerprint density at radius 1 is 1.17 bits per heavy atom. The van der Waals surface area contributed by atoms with Gasteiger partial charge in [0.1, 0.15) is 40.9 Å². The average molecular weight is 684 g/mol. The number of hydrogen-bond acceptors (Lipinski definition) is 11. The summed E-state index contributed by atoms with van der Waals surface area (Å²) in [6.45, 7) is 7.62. The highest BCUT2D eigenvalue weighted by molar-refractivity contribution is 7.89. The van der Waals surface area contributed by atoms with Gasteiger partial charge in [-0.15, -0.1) is 5.10 Å². The van der Waals surface area contributed by atoms with Gasteiger partial charge in [0.25, 0.3) is 0 Å². The predicted molar refractivity (Wildman–Crippen MR) is 178 cm³/mol. The summed E-state index contributed by atoms with van der Waals surface area (Å²) in [5.74, 6) is 0.0525. The second-order valence-electron chi connectivity index (χ2n) is 12.0. The van der Waals surface area contributed by atoms with Crippen molar-refractivity contribution < 1.29 is 36.9 Å². The fraction of sp³-hybridized carbons (Fsp3) is 0.500. The summed E-state index contributed by atoms with van der Waals surface area (Å²) < 4.78 is 59.7. The van der Waals surface area contributed by atoms with E-state index in [1.807, 2.05) is 45.2 Å². The monoisotopic (exact) mass is 683 g/mol. The van der Waals surface area contributed by atoms with Crippen molar-refractivity contribution in [3.8, 4) is 11.5 Å². The zero-order chi connectivity index (χ0) is 34.4. The van der Waals surface area contributed by atoms with Crippen molar-refractivity contribution in [1.29, 1.82) is 0 Å². The summed E-state index contributed by atoms with van der Waals surface area (Å²) in [7, 11) is -0.470. The Labute approximate surface area is 282 Å². The van der Waals surface area contributed by atoms with Crippen molar-refractivity contribution >= 4 is 22.1 Å². The molecule has 5 rings (SSSR count). The van der Waals surface area contributed by atoms with E-state index >= 15 is 0 Å². The van der Waals surface area contributed by atoms with Crippen LogP contribution in [0.2, 0.25) is 0 Å². The Morgan fingerprint density at radius 3 is 2.73 bits per heavy atom. The maximum Gasteiger partial charge on any atom is 0.306 e. The first-order chi connectivity index (χ1) is 23.0. The first-order valence-corrected chi connectivity index (χ1v) is 17.6. The predicted octanol–water partition coefficient (Wildman–Crippen LogP) is 3.66. The number of aryl methyl sites for hydroxylation is 2. The molecule has 1 aliphatic heterocycles. The van der Waals surface area contributed by atoms with Crippen LogP contribution in [0.3, 0.4) is 0 Å². The number of carbonyl (C=O) groups excluding carboxylic acids is 1. The maximum absolute atomic E-state index is 14.1. The van der Waals surface area contributed by atoms with Crippen LogP contribution < -0.4 is 15.2 Å². The quantitative estimate of drug-likeness (QED) is 0.195. The van der Waals surface area contributed by atoms with E-state index in [2.05, 4.69) is 10.3 Å². The van der Waals surface area contributed by atoms with Crippen molar-refractivity contribution in [2.24, 2.45) is 12.8 Å². The lowest BCUT2D eigenvalue weighted by Crippen LogP contribution is -2.35. The van der Waals surface area contributed by atoms with E-state index in [1.165, 1.54) is 10.4 Å². The molecule has 2 heterocycles. The number of nitrogens with two attached hydrogens (primary N) is 1. The van der Waals surface area contributed by atoms with E-state index in [1.54, 1.807) is 30.8 Å². The molecule has 1 aromatic heterocycles. The van der Waals surface area contributed by atoms with Gasteiger partial charge in [0.2, 0.25) is 10.0 Å². The Hall–Kier alpha value is -3.82. The largest absolute Gasteiger partial charge is 0.491 e. The maximum atomic E-state index is 14.1. The summed E-state index contributed by atoms with van der Waals surface area (Å²) in [4.78, 5) is 13.0. The Morgan fingerprint density at radius 2 is 1.98 bits per heavy atom. The topological polar surface area (TPSA) is 157 Å². The first kappa shape index (κ1) is 35.5. The van der Waals surface area contributed by atoms with Gasteiger partial charge in [0.05, 0.1) is 38.5 Å². The van der Waals surface area contributed by atoms with E-state index < -0.39 is 16.1 Å². The Bertz CT molecular complexity index is 1740. The van der Waals surface area contributed by atoms with Crippen LogP contribution in [-0.4, -0.2) is 86.4 Å². The number of methoxy groups -OCH3 is 1. The molecular weight excluding hydrogens is 638 g/mol. The third kappa shape index (κ3) is 7.90. The molecule has 0 saturated heterocycles. The molecule has 260 valence electrons. The number of hydrogen-bond donors (Lipinski definition) is 1. The third-order valence-corrected chi connectivity index (χ3v) is 10.4. The van der Waals surface area contributed by atoms with Crippen LogP contribution in [0, 0.1) is 6.92 Å². The van der Waals surface area contributed by atoms with Crippen LogP contribution in [0.15, 0.2) is 46.9 Å². The van der Waals surface area contributed by atoms with Crippen molar-refractivity contribution in [3.63, 3.8) is 0 Å². The summed E-state index contributed by atoms with van der Waals surface area (Å²) >= 11 is 0. The van der Waals surface area contributed by atoms with Crippen LogP contribution in [0.5, 0.6) is 11.5 Å². The summed E-state index contributed by atoms with van der Waals surface area (Å²) in [6, 6.07) is 10.7. The number of sulfonamides is 1. The van der Waals surface area contributed by atoms with Gasteiger partial charge in [0.15, 0.2) is 0 Å². The van der Waals surface area contributed by atoms with E-state index in [4.69, 9.17) is 29.4 Å². The van der Waals surface area contributed by atoms with Gasteiger partial charge >= 0.3 is 5.97 Å². The van der Waals surface area contributed by atoms with Gasteiger partial charge in [-0.1, -0.05) is 29.0 Å². The highest BCUT2D eigenvalue weighted by Gasteiger charge is 2.35. The van der Waals surface area contributed by atoms with Crippen LogP contribution in [-0.2, 0) is 42.6 Å². The number of nitrogens with zero attached hydrogens (tertiary/aromatic N) is 4. The second kappa shape index (κ2) is 15.6. The lowest BCUT2D eigenvalue weighted by atomic mass is 9.81. The van der Waals surface area contributed by atoms with Gasteiger partial charge < -0.3 is 29.4 Å². The standard InChI is InChI=1S/C34H45N5O8S/c1-6-45-33(40)19-28(25-16-29-34(31(17-25)43-5)38(4)37-36-29)24-8-7-22(2)26(15-24)21-39-20-23(3)47-30-18-27(46-14-13-44-12-11-35)9-10-32(30)48(39,41)42/h7-10,15-16,18,23,28,31H,6,11-14,17,19-21,35H2,1-5H3/t23-,28?,31?/m1/s1. The molecule has 0 saturated carbocycles. The third-order valence-electron chi connectivity index (χ3n) is 8.56. The molecule has 2 N–H and O–H groups in total. The van der Waals surface area contributed by atoms with Crippen molar-refractivity contribution in [2.75, 3.05) is 46.6 Å². The molecule has 0 bridgehead atoms. The smallest absolute Gasteiger partial charge is 0.306 e. The highest BCUT2D eigenvalue weighted by Crippen LogP contribution is 2.42. The average Bonchev–Trinajstić information content (AvgIpc) is 3.40. The fourth-order valence-electron chi connectivity index (χ4n) is 6.17. The normalized spacial score (nSPS) is 19.3. The minimum atomic E-state index is -3.94. The molecule has 0 spiro atoms. The van der Waals surface area contributed by atoms with Gasteiger partial charge in [-0.2, -0.15) is 4.31 Å². The number of ether oxygens (including phenoxy) is 5.